The number of carbonyl (C=O) groups is 3. The predicted molar refractivity (Wildman–Crippen MR) is 98.7 cm³/mol. The van der Waals surface area contributed by atoms with E-state index in [1.165, 1.54) is 0 Å². The van der Waals surface area contributed by atoms with Crippen LogP contribution >= 0.6 is 0 Å². The molecule has 2 aromatic heterocycles. The van der Waals surface area contributed by atoms with Gasteiger partial charge in [-0.05, 0) is 30.7 Å². The number of amides is 2. The number of aromatic nitrogens is 2. The van der Waals surface area contributed by atoms with E-state index >= 15 is 0 Å². The van der Waals surface area contributed by atoms with Crippen molar-refractivity contribution < 1.29 is 32.7 Å². The fourth-order valence-electron chi connectivity index (χ4n) is 3.76. The number of halogens is 3. The lowest BCUT2D eigenvalue weighted by atomic mass is 10.1. The molecule has 0 radical (unpaired) electrons. The Morgan fingerprint density at radius 1 is 1.20 bits per heavy atom. The summed E-state index contributed by atoms with van der Waals surface area (Å²) >= 11 is 0. The zero-order chi connectivity index (χ0) is 22.1. The molecule has 0 saturated carbocycles. The maximum atomic E-state index is 12.8. The van der Waals surface area contributed by atoms with E-state index in [9.17, 15) is 22.8 Å². The molecule has 1 N–H and O–H groups in total. The number of carboxylic acids is 1. The summed E-state index contributed by atoms with van der Waals surface area (Å²) in [6.45, 7) is 0.684. The molecule has 2 saturated heterocycles. The van der Waals surface area contributed by atoms with E-state index in [0.29, 0.717) is 18.7 Å². The third-order valence-corrected chi connectivity index (χ3v) is 5.08. The first-order valence-electron chi connectivity index (χ1n) is 9.05. The van der Waals surface area contributed by atoms with Gasteiger partial charge in [-0.15, -0.1) is 0 Å². The van der Waals surface area contributed by atoms with Crippen molar-refractivity contribution in [3.63, 3.8) is 0 Å². The number of aryl methyl sites for hydroxylation is 1. The number of nitrogens with zero attached hydrogens (tertiary/aromatic N) is 4. The van der Waals surface area contributed by atoms with Crippen LogP contribution in [0.5, 0.6) is 0 Å². The fourth-order valence-corrected chi connectivity index (χ4v) is 3.76. The number of aliphatic carboxylic acids is 1. The minimum Gasteiger partial charge on any atom is -0.475 e. The number of hydrogen-bond acceptors (Lipinski definition) is 4. The minimum atomic E-state index is -5.08. The second kappa shape index (κ2) is 8.17. The van der Waals surface area contributed by atoms with Crippen LogP contribution in [0.25, 0.3) is 0 Å². The summed E-state index contributed by atoms with van der Waals surface area (Å²) in [5.41, 5.74) is 1.48. The van der Waals surface area contributed by atoms with Crippen LogP contribution < -0.4 is 4.90 Å². The number of anilines is 1. The number of fused-ring (bicyclic) bond motifs is 1. The van der Waals surface area contributed by atoms with Gasteiger partial charge in [0.1, 0.15) is 5.69 Å². The highest BCUT2D eigenvalue weighted by Gasteiger charge is 2.49. The molecule has 30 heavy (non-hydrogen) atoms. The van der Waals surface area contributed by atoms with E-state index in [4.69, 9.17) is 9.90 Å². The summed E-state index contributed by atoms with van der Waals surface area (Å²) in [6, 6.07) is 7.42. The number of likely N-dealkylation sites (tertiary alicyclic amines) is 1. The van der Waals surface area contributed by atoms with Gasteiger partial charge in [0, 0.05) is 32.4 Å². The molecule has 2 aliphatic heterocycles. The largest absolute Gasteiger partial charge is 0.490 e. The Bertz CT molecular complexity index is 945. The van der Waals surface area contributed by atoms with E-state index in [1.807, 2.05) is 51.9 Å². The van der Waals surface area contributed by atoms with Crippen LogP contribution in [0.3, 0.4) is 0 Å². The molecule has 2 aromatic rings. The second-order valence-corrected chi connectivity index (χ2v) is 6.91. The molecule has 4 rings (SSSR count). The van der Waals surface area contributed by atoms with Gasteiger partial charge in [-0.3, -0.25) is 14.6 Å². The summed E-state index contributed by atoms with van der Waals surface area (Å²) in [7, 11) is 1.86. The molecule has 11 heteroatoms. The van der Waals surface area contributed by atoms with Crippen LogP contribution in [0.15, 0.2) is 42.9 Å². The summed E-state index contributed by atoms with van der Waals surface area (Å²) in [6.07, 6.45) is 1.38. The third kappa shape index (κ3) is 4.14. The molecule has 0 aromatic carbocycles. The van der Waals surface area contributed by atoms with E-state index in [-0.39, 0.29) is 23.9 Å². The van der Waals surface area contributed by atoms with Gasteiger partial charge in [-0.1, -0.05) is 0 Å². The molecule has 8 nitrogen and oxygen atoms in total. The quantitative estimate of drug-likeness (QED) is 0.797. The number of carbonyl (C=O) groups excluding carboxylic acids is 2. The highest BCUT2D eigenvalue weighted by Crippen LogP contribution is 2.36. The maximum Gasteiger partial charge on any atom is 0.490 e. The lowest BCUT2D eigenvalue weighted by molar-refractivity contribution is -0.192. The molecule has 0 bridgehead atoms. The van der Waals surface area contributed by atoms with Crippen molar-refractivity contribution in [2.24, 2.45) is 7.05 Å². The number of hydrogen-bond donors (Lipinski definition) is 1. The van der Waals surface area contributed by atoms with Gasteiger partial charge in [-0.25, -0.2) is 4.79 Å². The van der Waals surface area contributed by atoms with Gasteiger partial charge in [0.2, 0.25) is 5.91 Å². The van der Waals surface area contributed by atoms with Crippen molar-refractivity contribution in [3.05, 3.63) is 48.5 Å². The van der Waals surface area contributed by atoms with Crippen molar-refractivity contribution in [1.29, 1.82) is 0 Å². The van der Waals surface area contributed by atoms with E-state index in [0.717, 1.165) is 12.1 Å². The van der Waals surface area contributed by atoms with Crippen LogP contribution in [0.4, 0.5) is 18.9 Å². The van der Waals surface area contributed by atoms with Gasteiger partial charge >= 0.3 is 12.1 Å². The van der Waals surface area contributed by atoms with Crippen LogP contribution in [-0.2, 0) is 16.6 Å². The molecule has 2 atom stereocenters. The molecule has 160 valence electrons. The zero-order valence-corrected chi connectivity index (χ0v) is 15.9. The van der Waals surface area contributed by atoms with E-state index < -0.39 is 12.1 Å². The van der Waals surface area contributed by atoms with Crippen molar-refractivity contribution >= 4 is 23.5 Å². The maximum absolute atomic E-state index is 12.8. The second-order valence-electron chi connectivity index (χ2n) is 6.91. The number of carboxylic acid groups (broad SMARTS) is 1. The normalized spacial score (nSPS) is 20.6. The average Bonchev–Trinajstić information content (AvgIpc) is 3.36. The molecule has 0 spiro atoms. The van der Waals surface area contributed by atoms with Gasteiger partial charge < -0.3 is 19.5 Å². The Balaban J connectivity index is 0.000000318. The van der Waals surface area contributed by atoms with Gasteiger partial charge in [-0.2, -0.15) is 13.2 Å². The molecule has 2 amide bonds. The Labute approximate surface area is 169 Å². The number of rotatable bonds is 2. The Morgan fingerprint density at radius 2 is 1.90 bits per heavy atom. The lowest BCUT2D eigenvalue weighted by Crippen LogP contribution is -2.40. The molecule has 0 unspecified atom stereocenters. The molecular formula is C19H19F3N4O4. The van der Waals surface area contributed by atoms with Crippen LogP contribution in [-0.4, -0.2) is 62.1 Å². The van der Waals surface area contributed by atoms with Crippen molar-refractivity contribution in [2.45, 2.75) is 31.1 Å². The van der Waals surface area contributed by atoms with Gasteiger partial charge in [0.15, 0.2) is 0 Å². The monoisotopic (exact) mass is 424 g/mol. The predicted octanol–water partition coefficient (Wildman–Crippen LogP) is 2.07. The third-order valence-electron chi connectivity index (χ3n) is 5.08. The average molecular weight is 424 g/mol. The molecule has 0 aliphatic carbocycles. The topological polar surface area (TPSA) is 95.7 Å². The smallest absolute Gasteiger partial charge is 0.475 e. The first kappa shape index (κ1) is 21.3. The number of pyridine rings is 1. The summed E-state index contributed by atoms with van der Waals surface area (Å²) < 4.78 is 33.6. The van der Waals surface area contributed by atoms with Crippen molar-refractivity contribution in [3.8, 4) is 0 Å². The molecule has 2 fully saturated rings. The van der Waals surface area contributed by atoms with Crippen molar-refractivity contribution in [1.82, 2.24) is 14.5 Å². The summed E-state index contributed by atoms with van der Waals surface area (Å²) in [5, 5.41) is 7.12. The summed E-state index contributed by atoms with van der Waals surface area (Å²) in [5.74, 6) is -2.68. The van der Waals surface area contributed by atoms with Crippen LogP contribution in [0.2, 0.25) is 0 Å². The Hall–Kier alpha value is -3.37. The van der Waals surface area contributed by atoms with E-state index in [2.05, 4.69) is 4.98 Å². The highest BCUT2D eigenvalue weighted by atomic mass is 19.4. The first-order valence-corrected chi connectivity index (χ1v) is 9.05. The highest BCUT2D eigenvalue weighted by molar-refractivity contribution is 5.99. The minimum absolute atomic E-state index is 0.00540. The standard InChI is InChI=1S/C17H18N4O2.C2HF3O2/c1-19-8-3-5-14(19)17(23)20-9-6-13-15(20)10-16(22)21(13)12-4-2-7-18-11-12;3-2(4,5)1(6)7/h2-5,7-8,11,13,15H,6,9-10H2,1H3;(H,6,7)/t13-,15+;/m0./s1. The SMILES string of the molecule is Cn1cccc1C(=O)N1CC[C@H]2[C@H]1CC(=O)N2c1cccnc1.O=C(O)C(F)(F)F. The zero-order valence-electron chi connectivity index (χ0n) is 15.9. The fraction of sp³-hybridized carbons (Fsp3) is 0.368. The molecule has 2 aliphatic rings. The lowest BCUT2D eigenvalue weighted by Gasteiger charge is -2.25. The first-order chi connectivity index (χ1) is 14.1. The molecular weight excluding hydrogens is 405 g/mol. The Kier molecular flexibility index (Phi) is 5.81. The number of alkyl halides is 3. The molecule has 4 heterocycles. The van der Waals surface area contributed by atoms with Gasteiger partial charge in [0.25, 0.3) is 5.91 Å². The van der Waals surface area contributed by atoms with Crippen LogP contribution in [0, 0.1) is 0 Å². The van der Waals surface area contributed by atoms with E-state index in [1.54, 1.807) is 12.4 Å². The Morgan fingerprint density at radius 3 is 2.43 bits per heavy atom. The van der Waals surface area contributed by atoms with Gasteiger partial charge in [0.05, 0.1) is 24.0 Å². The van der Waals surface area contributed by atoms with Crippen molar-refractivity contribution in [2.75, 3.05) is 11.4 Å². The summed E-state index contributed by atoms with van der Waals surface area (Å²) in [4.78, 5) is 41.9. The van der Waals surface area contributed by atoms with Crippen LogP contribution in [0.1, 0.15) is 23.3 Å².